The van der Waals surface area contributed by atoms with Gasteiger partial charge in [-0.25, -0.2) is 26.7 Å². The van der Waals surface area contributed by atoms with Crippen LogP contribution in [0.4, 0.5) is 18.9 Å². The highest BCUT2D eigenvalue weighted by atomic mass is 32.2. The number of rotatable bonds is 8. The number of nitrogens with two attached hydrogens (primary N) is 1. The van der Waals surface area contributed by atoms with Crippen molar-refractivity contribution in [3.8, 4) is 0 Å². The van der Waals surface area contributed by atoms with Crippen LogP contribution in [0.25, 0.3) is 0 Å². The molecule has 0 spiro atoms. The third-order valence-electron chi connectivity index (χ3n) is 5.77. The first-order valence-electron chi connectivity index (χ1n) is 11.4. The van der Waals surface area contributed by atoms with E-state index in [9.17, 15) is 21.6 Å². The van der Waals surface area contributed by atoms with E-state index in [4.69, 9.17) is 17.4 Å². The molecular formula is C27H23F3N4O2S2. The molecule has 0 fully saturated rings. The van der Waals surface area contributed by atoms with Gasteiger partial charge in [0.15, 0.2) is 5.11 Å². The second-order valence-corrected chi connectivity index (χ2v) is 10.4. The molecule has 0 amide bonds. The van der Waals surface area contributed by atoms with Gasteiger partial charge < -0.3 is 9.80 Å². The van der Waals surface area contributed by atoms with Gasteiger partial charge in [-0.1, -0.05) is 18.2 Å². The van der Waals surface area contributed by atoms with Crippen LogP contribution in [0.1, 0.15) is 16.7 Å². The van der Waals surface area contributed by atoms with E-state index in [0.717, 1.165) is 5.56 Å². The minimum absolute atomic E-state index is 0.0871. The number of aromatic nitrogens is 1. The minimum atomic E-state index is -3.93. The molecule has 11 heteroatoms. The predicted octanol–water partition coefficient (Wildman–Crippen LogP) is 5.14. The Morgan fingerprint density at radius 1 is 0.789 bits per heavy atom. The number of halogens is 3. The smallest absolute Gasteiger partial charge is 0.238 e. The first-order valence-corrected chi connectivity index (χ1v) is 13.3. The van der Waals surface area contributed by atoms with Gasteiger partial charge >= 0.3 is 0 Å². The van der Waals surface area contributed by atoms with Crippen LogP contribution in [0, 0.1) is 17.5 Å². The molecule has 6 nitrogen and oxygen atoms in total. The molecule has 0 aliphatic carbocycles. The van der Waals surface area contributed by atoms with Crippen molar-refractivity contribution in [3.63, 3.8) is 0 Å². The van der Waals surface area contributed by atoms with E-state index >= 15 is 0 Å². The lowest BCUT2D eigenvalue weighted by Gasteiger charge is -2.34. The number of hydrogen-bond donors (Lipinski definition) is 1. The Balaban J connectivity index is 1.76. The van der Waals surface area contributed by atoms with E-state index in [1.165, 1.54) is 54.6 Å². The lowest BCUT2D eigenvalue weighted by atomic mass is 10.1. The zero-order chi connectivity index (χ0) is 27.3. The van der Waals surface area contributed by atoms with E-state index in [1.807, 2.05) is 0 Å². The standard InChI is InChI=1S/C27H23F3N4O2S2/c28-21-6-4-19(5-7-21)17-34(22-8-10-23(11-9-22)38(31,35)36)27(37)33(16-20-12-14-32-15-13-20)18-24-25(29)2-1-3-26(24)30/h1-15H,16-18H2,(H2,31,35,36). The maximum Gasteiger partial charge on any atom is 0.238 e. The number of anilines is 1. The average molecular weight is 557 g/mol. The van der Waals surface area contributed by atoms with Gasteiger partial charge in [-0.3, -0.25) is 4.98 Å². The normalized spacial score (nSPS) is 11.3. The fourth-order valence-corrected chi connectivity index (χ4v) is 4.62. The van der Waals surface area contributed by atoms with Crippen molar-refractivity contribution >= 4 is 33.0 Å². The molecule has 0 aliphatic rings. The van der Waals surface area contributed by atoms with Crippen LogP contribution in [-0.4, -0.2) is 23.4 Å². The summed E-state index contributed by atoms with van der Waals surface area (Å²) < 4.78 is 66.4. The molecule has 3 aromatic carbocycles. The van der Waals surface area contributed by atoms with Gasteiger partial charge in [-0.05, 0) is 84.0 Å². The Kier molecular flexibility index (Phi) is 8.40. The Bertz CT molecular complexity index is 1500. The number of thiocarbonyl (C=S) groups is 1. The van der Waals surface area contributed by atoms with Crippen LogP contribution in [0.3, 0.4) is 0 Å². The van der Waals surface area contributed by atoms with Gasteiger partial charge in [0.25, 0.3) is 0 Å². The largest absolute Gasteiger partial charge is 0.340 e. The van der Waals surface area contributed by atoms with Crippen molar-refractivity contribution < 1.29 is 21.6 Å². The first-order chi connectivity index (χ1) is 18.1. The third kappa shape index (κ3) is 6.74. The summed E-state index contributed by atoms with van der Waals surface area (Å²) in [5, 5.41) is 5.45. The van der Waals surface area contributed by atoms with Crippen molar-refractivity contribution in [1.82, 2.24) is 9.88 Å². The number of benzene rings is 3. The molecule has 0 radical (unpaired) electrons. The van der Waals surface area contributed by atoms with Crippen molar-refractivity contribution in [2.75, 3.05) is 4.90 Å². The molecular weight excluding hydrogens is 533 g/mol. The number of sulfonamides is 1. The van der Waals surface area contributed by atoms with E-state index in [2.05, 4.69) is 4.98 Å². The Morgan fingerprint density at radius 3 is 1.95 bits per heavy atom. The number of primary sulfonamides is 1. The number of nitrogens with zero attached hydrogens (tertiary/aromatic N) is 3. The van der Waals surface area contributed by atoms with E-state index < -0.39 is 27.5 Å². The topological polar surface area (TPSA) is 79.5 Å². The van der Waals surface area contributed by atoms with E-state index in [0.29, 0.717) is 11.3 Å². The van der Waals surface area contributed by atoms with Crippen LogP contribution in [0.5, 0.6) is 0 Å². The Morgan fingerprint density at radius 2 is 1.37 bits per heavy atom. The van der Waals surface area contributed by atoms with Crippen LogP contribution in [-0.2, 0) is 29.7 Å². The summed E-state index contributed by atoms with van der Waals surface area (Å²) in [6.07, 6.45) is 3.20. The summed E-state index contributed by atoms with van der Waals surface area (Å²) in [5.41, 5.74) is 1.84. The quantitative estimate of drug-likeness (QED) is 0.303. The number of hydrogen-bond acceptors (Lipinski definition) is 4. The summed E-state index contributed by atoms with van der Waals surface area (Å²) in [7, 11) is -3.93. The molecule has 1 heterocycles. The predicted molar refractivity (Wildman–Crippen MR) is 143 cm³/mol. The van der Waals surface area contributed by atoms with Crippen LogP contribution >= 0.6 is 12.2 Å². The molecule has 0 saturated carbocycles. The average Bonchev–Trinajstić information content (AvgIpc) is 2.90. The molecule has 0 aliphatic heterocycles. The molecule has 4 rings (SSSR count). The first kappa shape index (κ1) is 27.2. The van der Waals surface area contributed by atoms with Gasteiger partial charge in [-0.15, -0.1) is 0 Å². The van der Waals surface area contributed by atoms with Gasteiger partial charge in [0.1, 0.15) is 17.5 Å². The highest BCUT2D eigenvalue weighted by Gasteiger charge is 2.23. The van der Waals surface area contributed by atoms with Gasteiger partial charge in [0.2, 0.25) is 10.0 Å². The molecule has 0 bridgehead atoms. The number of pyridine rings is 1. The zero-order valence-corrected chi connectivity index (χ0v) is 21.6. The van der Waals surface area contributed by atoms with Crippen LogP contribution < -0.4 is 10.0 Å². The van der Waals surface area contributed by atoms with Crippen LogP contribution in [0.2, 0.25) is 0 Å². The molecule has 38 heavy (non-hydrogen) atoms. The van der Waals surface area contributed by atoms with E-state index in [-0.39, 0.29) is 35.2 Å². The van der Waals surface area contributed by atoms with E-state index in [1.54, 1.807) is 46.5 Å². The summed E-state index contributed by atoms with van der Waals surface area (Å²) >= 11 is 5.87. The highest BCUT2D eigenvalue weighted by molar-refractivity contribution is 7.89. The van der Waals surface area contributed by atoms with Gasteiger partial charge in [0, 0.05) is 30.2 Å². The minimum Gasteiger partial charge on any atom is -0.340 e. The van der Waals surface area contributed by atoms with Crippen molar-refractivity contribution in [2.24, 2.45) is 5.14 Å². The molecule has 196 valence electrons. The maximum absolute atomic E-state index is 14.6. The summed E-state index contributed by atoms with van der Waals surface area (Å²) in [5.74, 6) is -1.83. The molecule has 1 aromatic heterocycles. The molecule has 0 saturated heterocycles. The fraction of sp³-hybridized carbons (Fsp3) is 0.111. The molecule has 0 atom stereocenters. The molecule has 0 unspecified atom stereocenters. The zero-order valence-electron chi connectivity index (χ0n) is 20.0. The summed E-state index contributed by atoms with van der Waals surface area (Å²) in [6, 6.07) is 18.7. The Hall–Kier alpha value is -3.80. The van der Waals surface area contributed by atoms with Crippen molar-refractivity contribution in [1.29, 1.82) is 0 Å². The maximum atomic E-state index is 14.6. The third-order valence-corrected chi connectivity index (χ3v) is 7.17. The SMILES string of the molecule is NS(=O)(=O)c1ccc(N(Cc2ccc(F)cc2)C(=S)N(Cc2ccncc2)Cc2c(F)cccc2F)cc1. The highest BCUT2D eigenvalue weighted by Crippen LogP contribution is 2.25. The Labute approximate surface area is 224 Å². The lowest BCUT2D eigenvalue weighted by Crippen LogP contribution is -2.42. The second kappa shape index (κ2) is 11.7. The second-order valence-electron chi connectivity index (χ2n) is 8.45. The van der Waals surface area contributed by atoms with Crippen LogP contribution in [0.15, 0.2) is 96.2 Å². The lowest BCUT2D eigenvalue weighted by molar-refractivity contribution is 0.384. The molecule has 2 N–H and O–H groups in total. The van der Waals surface area contributed by atoms with Gasteiger partial charge in [-0.2, -0.15) is 0 Å². The fourth-order valence-electron chi connectivity index (χ4n) is 3.80. The van der Waals surface area contributed by atoms with Gasteiger partial charge in [0.05, 0.1) is 18.0 Å². The van der Waals surface area contributed by atoms with Crippen molar-refractivity contribution in [3.05, 3.63) is 125 Å². The summed E-state index contributed by atoms with van der Waals surface area (Å²) in [4.78, 5) is 7.23. The van der Waals surface area contributed by atoms with Crippen molar-refractivity contribution in [2.45, 2.75) is 24.5 Å². The monoisotopic (exact) mass is 556 g/mol. The summed E-state index contributed by atoms with van der Waals surface area (Å²) in [6.45, 7) is 0.180. The molecule has 4 aromatic rings.